The number of ether oxygens (including phenoxy) is 1. The lowest BCUT2D eigenvalue weighted by molar-refractivity contribution is 0.414. The van der Waals surface area contributed by atoms with Crippen molar-refractivity contribution < 1.29 is 13.5 Å². The second kappa shape index (κ2) is 7.45. The minimum Gasteiger partial charge on any atom is -0.497 e. The molecule has 0 aliphatic carbocycles. The summed E-state index contributed by atoms with van der Waals surface area (Å²) >= 11 is 1.63. The van der Waals surface area contributed by atoms with Gasteiger partial charge in [0.15, 0.2) is 11.6 Å². The summed E-state index contributed by atoms with van der Waals surface area (Å²) in [5.74, 6) is -0.0984. The van der Waals surface area contributed by atoms with E-state index in [0.717, 1.165) is 28.0 Å². The first-order valence-electron chi connectivity index (χ1n) is 7.32. The summed E-state index contributed by atoms with van der Waals surface area (Å²) in [6.45, 7) is 0. The van der Waals surface area contributed by atoms with Gasteiger partial charge in [-0.15, -0.1) is 11.8 Å². The molecule has 3 aromatic rings. The highest BCUT2D eigenvalue weighted by atomic mass is 32.2. The molecule has 0 saturated heterocycles. The van der Waals surface area contributed by atoms with Crippen LogP contribution in [0.25, 0.3) is 11.1 Å². The van der Waals surface area contributed by atoms with Crippen LogP contribution in [0.15, 0.2) is 65.8 Å². The van der Waals surface area contributed by atoms with Crippen molar-refractivity contribution in [1.82, 2.24) is 4.98 Å². The lowest BCUT2D eigenvalue weighted by atomic mass is 10.1. The molecular formula is C19H15F2NOS. The summed E-state index contributed by atoms with van der Waals surface area (Å²) in [6.07, 6.45) is 3.40. The molecule has 0 N–H and O–H groups in total. The van der Waals surface area contributed by atoms with Gasteiger partial charge in [-0.1, -0.05) is 18.2 Å². The van der Waals surface area contributed by atoms with Crippen LogP contribution in [-0.4, -0.2) is 12.1 Å². The molecule has 0 radical (unpaired) electrons. The van der Waals surface area contributed by atoms with Crippen LogP contribution in [-0.2, 0) is 5.75 Å². The minimum atomic E-state index is -0.858. The molecule has 0 unspecified atom stereocenters. The van der Waals surface area contributed by atoms with E-state index in [2.05, 4.69) is 4.98 Å². The van der Waals surface area contributed by atoms with Gasteiger partial charge in [0, 0.05) is 28.6 Å². The number of nitrogens with zero attached hydrogens (tertiary/aromatic N) is 1. The van der Waals surface area contributed by atoms with Crippen LogP contribution < -0.4 is 4.74 Å². The Hall–Kier alpha value is -2.40. The molecule has 0 aliphatic rings. The predicted molar refractivity (Wildman–Crippen MR) is 92.1 cm³/mol. The number of hydrogen-bond acceptors (Lipinski definition) is 3. The molecule has 1 aromatic heterocycles. The lowest BCUT2D eigenvalue weighted by Crippen LogP contribution is -1.88. The Morgan fingerprint density at radius 1 is 0.917 bits per heavy atom. The van der Waals surface area contributed by atoms with Gasteiger partial charge < -0.3 is 4.74 Å². The third kappa shape index (κ3) is 3.92. The Bertz CT molecular complexity index is 837. The fourth-order valence-electron chi connectivity index (χ4n) is 2.22. The zero-order chi connectivity index (χ0) is 16.9. The molecule has 2 nitrogen and oxygen atoms in total. The Labute approximate surface area is 143 Å². The zero-order valence-electron chi connectivity index (χ0n) is 13.0. The number of halogens is 2. The van der Waals surface area contributed by atoms with Crippen LogP contribution in [0.3, 0.4) is 0 Å². The maximum atomic E-state index is 13.4. The van der Waals surface area contributed by atoms with Crippen LogP contribution >= 0.6 is 11.8 Å². The van der Waals surface area contributed by atoms with Gasteiger partial charge in [0.1, 0.15) is 5.75 Å². The van der Waals surface area contributed by atoms with Gasteiger partial charge >= 0.3 is 0 Å². The largest absolute Gasteiger partial charge is 0.497 e. The molecule has 0 saturated carbocycles. The second-order valence-electron chi connectivity index (χ2n) is 5.17. The first-order chi connectivity index (χ1) is 11.7. The zero-order valence-corrected chi connectivity index (χ0v) is 13.8. The van der Waals surface area contributed by atoms with E-state index in [4.69, 9.17) is 4.74 Å². The van der Waals surface area contributed by atoms with Gasteiger partial charge in [-0.25, -0.2) is 8.78 Å². The average Bonchev–Trinajstić information content (AvgIpc) is 2.63. The second-order valence-corrected chi connectivity index (χ2v) is 6.22. The molecule has 5 heteroatoms. The summed E-state index contributed by atoms with van der Waals surface area (Å²) in [6, 6.07) is 13.7. The molecule has 1 heterocycles. The fraction of sp³-hybridized carbons (Fsp3) is 0.105. The smallest absolute Gasteiger partial charge is 0.159 e. The van der Waals surface area contributed by atoms with Crippen LogP contribution in [0, 0.1) is 11.6 Å². The molecule has 0 fully saturated rings. The SMILES string of the molecule is COc1ccc(CSc2cncc(-c3ccc(F)c(F)c3)c2)cc1. The first kappa shape index (κ1) is 16.5. The Morgan fingerprint density at radius 3 is 2.42 bits per heavy atom. The quantitative estimate of drug-likeness (QED) is 0.585. The van der Waals surface area contributed by atoms with Crippen molar-refractivity contribution in [2.45, 2.75) is 10.6 Å². The summed E-state index contributed by atoms with van der Waals surface area (Å²) in [5, 5.41) is 0. The van der Waals surface area contributed by atoms with E-state index >= 15 is 0 Å². The molecule has 0 amide bonds. The van der Waals surface area contributed by atoms with Gasteiger partial charge in [0.25, 0.3) is 0 Å². The van der Waals surface area contributed by atoms with E-state index in [1.54, 1.807) is 37.3 Å². The van der Waals surface area contributed by atoms with E-state index in [1.165, 1.54) is 11.6 Å². The Kier molecular flexibility index (Phi) is 5.11. The van der Waals surface area contributed by atoms with Gasteiger partial charge in [0.05, 0.1) is 7.11 Å². The van der Waals surface area contributed by atoms with E-state index in [9.17, 15) is 8.78 Å². The monoisotopic (exact) mass is 343 g/mol. The van der Waals surface area contributed by atoms with Crippen molar-refractivity contribution in [1.29, 1.82) is 0 Å². The molecule has 0 atom stereocenters. The third-order valence-corrected chi connectivity index (χ3v) is 4.56. The number of thioether (sulfide) groups is 1. The van der Waals surface area contributed by atoms with Crippen molar-refractivity contribution in [2.24, 2.45) is 0 Å². The maximum Gasteiger partial charge on any atom is 0.159 e. The number of benzene rings is 2. The number of aromatic nitrogens is 1. The topological polar surface area (TPSA) is 22.1 Å². The molecule has 2 aromatic carbocycles. The maximum absolute atomic E-state index is 13.4. The van der Waals surface area contributed by atoms with Crippen LogP contribution in [0.2, 0.25) is 0 Å². The highest BCUT2D eigenvalue weighted by Crippen LogP contribution is 2.28. The summed E-state index contributed by atoms with van der Waals surface area (Å²) in [5.41, 5.74) is 2.53. The van der Waals surface area contributed by atoms with Crippen LogP contribution in [0.5, 0.6) is 5.75 Å². The molecule has 122 valence electrons. The van der Waals surface area contributed by atoms with Crippen molar-refractivity contribution in [3.8, 4) is 16.9 Å². The molecule has 0 spiro atoms. The number of hydrogen-bond donors (Lipinski definition) is 0. The minimum absolute atomic E-state index is 0.605. The number of rotatable bonds is 5. The normalized spacial score (nSPS) is 10.6. The van der Waals surface area contributed by atoms with Gasteiger partial charge in [0.2, 0.25) is 0 Å². The lowest BCUT2D eigenvalue weighted by Gasteiger charge is -2.06. The summed E-state index contributed by atoms with van der Waals surface area (Å²) in [4.78, 5) is 5.16. The summed E-state index contributed by atoms with van der Waals surface area (Å²) in [7, 11) is 1.64. The number of pyridine rings is 1. The molecule has 0 bridgehead atoms. The molecule has 0 aliphatic heterocycles. The highest BCUT2D eigenvalue weighted by Gasteiger charge is 2.06. The van der Waals surface area contributed by atoms with Gasteiger partial charge in [-0.3, -0.25) is 4.98 Å². The molecule has 24 heavy (non-hydrogen) atoms. The van der Waals surface area contributed by atoms with Crippen molar-refractivity contribution in [2.75, 3.05) is 7.11 Å². The van der Waals surface area contributed by atoms with Crippen molar-refractivity contribution in [3.05, 3.63) is 78.1 Å². The van der Waals surface area contributed by atoms with Gasteiger partial charge in [-0.2, -0.15) is 0 Å². The van der Waals surface area contributed by atoms with E-state index in [0.29, 0.717) is 5.56 Å². The van der Waals surface area contributed by atoms with E-state index in [-0.39, 0.29) is 0 Å². The standard InChI is InChI=1S/C19H15F2NOS/c1-23-16-5-2-13(3-6-16)12-24-17-8-15(10-22-11-17)14-4-7-18(20)19(21)9-14/h2-11H,12H2,1H3. The fourth-order valence-corrected chi connectivity index (χ4v) is 3.09. The van der Waals surface area contributed by atoms with Gasteiger partial charge in [-0.05, 0) is 41.5 Å². The van der Waals surface area contributed by atoms with Crippen LogP contribution in [0.4, 0.5) is 8.78 Å². The Morgan fingerprint density at radius 2 is 1.71 bits per heavy atom. The van der Waals surface area contributed by atoms with E-state index < -0.39 is 11.6 Å². The summed E-state index contributed by atoms with van der Waals surface area (Å²) < 4.78 is 31.6. The predicted octanol–water partition coefficient (Wildman–Crippen LogP) is 5.33. The number of methoxy groups -OCH3 is 1. The van der Waals surface area contributed by atoms with Crippen molar-refractivity contribution >= 4 is 11.8 Å². The molecule has 3 rings (SSSR count). The van der Waals surface area contributed by atoms with Crippen molar-refractivity contribution in [3.63, 3.8) is 0 Å². The Balaban J connectivity index is 1.73. The average molecular weight is 343 g/mol. The third-order valence-electron chi connectivity index (χ3n) is 3.53. The molecular weight excluding hydrogens is 328 g/mol. The van der Waals surface area contributed by atoms with Crippen LogP contribution in [0.1, 0.15) is 5.56 Å². The van der Waals surface area contributed by atoms with E-state index in [1.807, 2.05) is 30.3 Å². The first-order valence-corrected chi connectivity index (χ1v) is 8.30. The highest BCUT2D eigenvalue weighted by molar-refractivity contribution is 7.98.